The van der Waals surface area contributed by atoms with E-state index >= 15 is 0 Å². The minimum absolute atomic E-state index is 0.196. The van der Waals surface area contributed by atoms with Crippen LogP contribution in [-0.2, 0) is 0 Å². The van der Waals surface area contributed by atoms with Crippen LogP contribution in [0.2, 0.25) is 0 Å². The number of nitrogens with one attached hydrogen (secondary N) is 1. The summed E-state index contributed by atoms with van der Waals surface area (Å²) in [6.45, 7) is 16.1. The first-order chi connectivity index (χ1) is 14.7. The molecule has 1 aromatic rings. The molecule has 0 aliphatic heterocycles. The maximum Gasteiger partial charge on any atom is 0.0703 e. The van der Waals surface area contributed by atoms with E-state index in [0.717, 1.165) is 40.2 Å². The summed E-state index contributed by atoms with van der Waals surface area (Å²) in [5.41, 5.74) is 19.0. The van der Waals surface area contributed by atoms with Crippen LogP contribution in [0.4, 0.5) is 0 Å². The number of nitrogens with two attached hydrogens (primary N) is 2. The molecule has 0 saturated heterocycles. The Bertz CT molecular complexity index is 964. The number of aliphatic imine (C=N–C) groups is 1. The summed E-state index contributed by atoms with van der Waals surface area (Å²) in [6, 6.07) is 3.53. The monoisotopic (exact) mass is 418 g/mol. The van der Waals surface area contributed by atoms with Gasteiger partial charge < -0.3 is 16.4 Å². The van der Waals surface area contributed by atoms with Crippen molar-refractivity contribution in [3.63, 3.8) is 0 Å². The van der Waals surface area contributed by atoms with Crippen LogP contribution in [0.25, 0.3) is 0 Å². The molecule has 1 unspecified atom stereocenters. The largest absolute Gasteiger partial charge is 0.401 e. The second-order valence-corrected chi connectivity index (χ2v) is 7.79. The Balaban J connectivity index is 2.22. The van der Waals surface area contributed by atoms with Gasteiger partial charge in [-0.25, -0.2) is 0 Å². The van der Waals surface area contributed by atoms with Crippen LogP contribution in [-0.4, -0.2) is 47.5 Å². The Hall–Kier alpha value is -3.25. The van der Waals surface area contributed by atoms with E-state index in [0.29, 0.717) is 30.9 Å². The van der Waals surface area contributed by atoms with Gasteiger partial charge in [0.1, 0.15) is 0 Å². The maximum atomic E-state index is 8.68. The van der Waals surface area contributed by atoms with Crippen molar-refractivity contribution in [1.82, 2.24) is 9.88 Å². The van der Waals surface area contributed by atoms with Gasteiger partial charge in [0.15, 0.2) is 0 Å². The van der Waals surface area contributed by atoms with Gasteiger partial charge in [0.25, 0.3) is 0 Å². The Kier molecular flexibility index (Phi) is 8.70. The smallest absolute Gasteiger partial charge is 0.0703 e. The molecule has 0 saturated carbocycles. The number of nitrogens with zero attached hydrogens (tertiary/aromatic N) is 3. The van der Waals surface area contributed by atoms with Gasteiger partial charge in [-0.2, -0.15) is 0 Å². The normalized spacial score (nSPS) is 16.6. The molecular weight excluding hydrogens is 384 g/mol. The van der Waals surface area contributed by atoms with Gasteiger partial charge in [0.05, 0.1) is 5.71 Å². The summed E-state index contributed by atoms with van der Waals surface area (Å²) in [5.74, 6) is 0. The third-order valence-electron chi connectivity index (χ3n) is 5.06. The van der Waals surface area contributed by atoms with Gasteiger partial charge in [0.2, 0.25) is 0 Å². The van der Waals surface area contributed by atoms with Crippen molar-refractivity contribution in [3.05, 3.63) is 89.1 Å². The zero-order valence-electron chi connectivity index (χ0n) is 18.9. The predicted octanol–water partition coefficient (Wildman–Crippen LogP) is 3.67. The van der Waals surface area contributed by atoms with Crippen LogP contribution in [0.5, 0.6) is 0 Å². The van der Waals surface area contributed by atoms with E-state index in [1.807, 2.05) is 51.1 Å². The molecule has 1 aliphatic carbocycles. The van der Waals surface area contributed by atoms with Gasteiger partial charge in [-0.3, -0.25) is 15.4 Å². The average Bonchev–Trinajstić information content (AvgIpc) is 2.72. The molecule has 5 N–H and O–H groups in total. The number of rotatable bonds is 10. The molecule has 0 radical (unpaired) electrons. The van der Waals surface area contributed by atoms with E-state index < -0.39 is 0 Å². The Morgan fingerprint density at radius 2 is 2.16 bits per heavy atom. The molecule has 0 aromatic carbocycles. The number of aromatic nitrogens is 1. The van der Waals surface area contributed by atoms with Crippen LogP contribution >= 0.6 is 0 Å². The van der Waals surface area contributed by atoms with E-state index in [1.165, 1.54) is 0 Å². The van der Waals surface area contributed by atoms with Crippen LogP contribution in [0.15, 0.2) is 82.8 Å². The number of hydrogen-bond acceptors (Lipinski definition) is 6. The lowest BCUT2D eigenvalue weighted by molar-refractivity contribution is 0.397. The first-order valence-corrected chi connectivity index (χ1v) is 10.4. The molecule has 1 heterocycles. The molecule has 6 nitrogen and oxygen atoms in total. The molecule has 31 heavy (non-hydrogen) atoms. The fraction of sp³-hybridized carbons (Fsp3) is 0.320. The summed E-state index contributed by atoms with van der Waals surface area (Å²) >= 11 is 0. The quantitative estimate of drug-likeness (QED) is 0.398. The lowest BCUT2D eigenvalue weighted by atomic mass is 9.88. The molecule has 1 aromatic heterocycles. The van der Waals surface area contributed by atoms with Crippen LogP contribution in [0.3, 0.4) is 0 Å². The topological polar surface area (TPSA) is 104 Å². The van der Waals surface area contributed by atoms with E-state index in [-0.39, 0.29) is 6.04 Å². The molecule has 6 heteroatoms. The van der Waals surface area contributed by atoms with Crippen molar-refractivity contribution in [3.8, 4) is 0 Å². The van der Waals surface area contributed by atoms with Crippen molar-refractivity contribution in [2.24, 2.45) is 16.5 Å². The zero-order valence-corrected chi connectivity index (χ0v) is 18.9. The Morgan fingerprint density at radius 1 is 1.42 bits per heavy atom. The molecule has 0 spiro atoms. The van der Waals surface area contributed by atoms with Gasteiger partial charge >= 0.3 is 0 Å². The van der Waals surface area contributed by atoms with Crippen molar-refractivity contribution in [2.45, 2.75) is 33.2 Å². The highest BCUT2D eigenvalue weighted by Crippen LogP contribution is 2.25. The first kappa shape index (κ1) is 24.0. The Labute approximate surface area is 186 Å². The van der Waals surface area contributed by atoms with E-state index in [2.05, 4.69) is 28.0 Å². The van der Waals surface area contributed by atoms with E-state index in [4.69, 9.17) is 16.9 Å². The number of allylic oxidation sites excluding steroid dienone is 4. The van der Waals surface area contributed by atoms with Gasteiger partial charge in [0, 0.05) is 72.7 Å². The lowest BCUT2D eigenvalue weighted by Gasteiger charge is -2.31. The minimum atomic E-state index is -0.196. The van der Waals surface area contributed by atoms with Crippen LogP contribution in [0.1, 0.15) is 31.5 Å². The minimum Gasteiger partial charge on any atom is -0.401 e. The summed E-state index contributed by atoms with van der Waals surface area (Å²) in [7, 11) is 0. The molecule has 1 atom stereocenters. The zero-order chi connectivity index (χ0) is 23.0. The van der Waals surface area contributed by atoms with Crippen LogP contribution in [0, 0.1) is 12.3 Å². The van der Waals surface area contributed by atoms with Crippen LogP contribution < -0.4 is 11.5 Å². The summed E-state index contributed by atoms with van der Waals surface area (Å²) in [4.78, 5) is 10.5. The van der Waals surface area contributed by atoms with E-state index in [9.17, 15) is 0 Å². The fourth-order valence-corrected chi connectivity index (χ4v) is 3.30. The molecular formula is C25H34N6. The second-order valence-electron chi connectivity index (χ2n) is 7.79. The molecule has 0 amide bonds. The van der Waals surface area contributed by atoms with Gasteiger partial charge in [-0.05, 0) is 56.2 Å². The Morgan fingerprint density at radius 3 is 2.81 bits per heavy atom. The highest BCUT2D eigenvalue weighted by atomic mass is 15.1. The van der Waals surface area contributed by atoms with Gasteiger partial charge in [-0.1, -0.05) is 19.2 Å². The lowest BCUT2D eigenvalue weighted by Crippen LogP contribution is -2.36. The number of hydrogen-bond donors (Lipinski definition) is 3. The standard InChI is InChI=1S/C25H34N6/c1-6-29-10-7-8-18(4)15-31(17(2)3)16-21-13-22(24(27)14-23(21)26)25(28)20-9-11-30-19(5)12-20/h7-13,23,28H,2,4,6,14-16,26-27H2,1,3,5H3/b8-7-,28-25?,29-10?. The molecule has 0 bridgehead atoms. The predicted molar refractivity (Wildman–Crippen MR) is 131 cm³/mol. The van der Waals surface area contributed by atoms with E-state index in [1.54, 1.807) is 12.4 Å². The van der Waals surface area contributed by atoms with Crippen molar-refractivity contribution < 1.29 is 0 Å². The maximum absolute atomic E-state index is 8.68. The van der Waals surface area contributed by atoms with Crippen molar-refractivity contribution >= 4 is 11.9 Å². The third-order valence-corrected chi connectivity index (χ3v) is 5.06. The molecule has 2 rings (SSSR count). The SMILES string of the molecule is C=C(/C=C\C=NCC)CN(CC1=CC(C(=N)c2ccnc(C)c2)=C(N)CC1N)C(=C)C. The van der Waals surface area contributed by atoms with Crippen molar-refractivity contribution in [1.29, 1.82) is 5.41 Å². The third kappa shape index (κ3) is 6.89. The number of pyridine rings is 1. The van der Waals surface area contributed by atoms with Gasteiger partial charge in [-0.15, -0.1) is 0 Å². The fourth-order valence-electron chi connectivity index (χ4n) is 3.30. The molecule has 1 aliphatic rings. The first-order valence-electron chi connectivity index (χ1n) is 10.4. The van der Waals surface area contributed by atoms with Crippen molar-refractivity contribution in [2.75, 3.05) is 19.6 Å². The molecule has 0 fully saturated rings. The number of aryl methyl sites for hydroxylation is 1. The summed E-state index contributed by atoms with van der Waals surface area (Å²) < 4.78 is 0. The summed E-state index contributed by atoms with van der Waals surface area (Å²) in [6.07, 6.45) is 9.82. The average molecular weight is 419 g/mol. The molecule has 164 valence electrons. The highest BCUT2D eigenvalue weighted by Gasteiger charge is 2.23. The summed E-state index contributed by atoms with van der Waals surface area (Å²) in [5, 5.41) is 8.68. The second kappa shape index (κ2) is 11.2. The highest BCUT2D eigenvalue weighted by molar-refractivity contribution is 6.13.